The van der Waals surface area contributed by atoms with E-state index in [1.54, 1.807) is 0 Å². The van der Waals surface area contributed by atoms with Crippen LogP contribution in [0.2, 0.25) is 0 Å². The highest BCUT2D eigenvalue weighted by Gasteiger charge is 2.51. The number of hydrogen-bond acceptors (Lipinski definition) is 20. The first-order chi connectivity index (χ1) is 26.2. The van der Waals surface area contributed by atoms with Crippen LogP contribution in [0, 0.1) is 5.92 Å². The van der Waals surface area contributed by atoms with E-state index in [1.807, 2.05) is 0 Å². The maximum absolute atomic E-state index is 13.0. The van der Waals surface area contributed by atoms with Crippen LogP contribution < -0.4 is 11.5 Å². The van der Waals surface area contributed by atoms with Crippen molar-refractivity contribution >= 4 is 52.1 Å². The van der Waals surface area contributed by atoms with Crippen molar-refractivity contribution in [3.05, 3.63) is 66.8 Å². The maximum atomic E-state index is 13.0. The molecule has 0 radical (unpaired) electrons. The number of fused-ring (bicyclic) bond motifs is 1. The Kier molecular flexibility index (Phi) is 12.0. The zero-order valence-corrected chi connectivity index (χ0v) is 30.8. The summed E-state index contributed by atoms with van der Waals surface area (Å²) in [7, 11) is -16.4. The number of allylic oxidation sites excluding steroid dienone is 1. The van der Waals surface area contributed by atoms with Crippen LogP contribution in [0.1, 0.15) is 16.6 Å². The van der Waals surface area contributed by atoms with E-state index in [0.717, 1.165) is 28.3 Å². The number of aromatic nitrogens is 5. The average Bonchev–Trinajstić information content (AvgIpc) is 3.78. The normalized spacial score (nSPS) is 30.2. The highest BCUT2D eigenvalue weighted by molar-refractivity contribution is 7.61. The molecule has 11 atom stereocenters. The highest BCUT2D eigenvalue weighted by Crippen LogP contribution is 2.61. The lowest BCUT2D eigenvalue weighted by molar-refractivity contribution is -0.115. The van der Waals surface area contributed by atoms with Gasteiger partial charge in [0, 0.05) is 35.9 Å². The molecule has 3 aliphatic rings. The van der Waals surface area contributed by atoms with Crippen LogP contribution in [0.4, 0.5) is 5.82 Å². The summed E-state index contributed by atoms with van der Waals surface area (Å²) < 4.78 is 67.8. The molecule has 0 spiro atoms. The van der Waals surface area contributed by atoms with Crippen LogP contribution in [-0.2, 0) is 45.8 Å². The van der Waals surface area contributed by atoms with Gasteiger partial charge in [0.05, 0.1) is 25.5 Å². The molecule has 304 valence electrons. The molecule has 0 aliphatic carbocycles. The summed E-state index contributed by atoms with van der Waals surface area (Å²) in [6, 6.07) is 2.87. The smallest absolute Gasteiger partial charge is 0.387 e. The van der Waals surface area contributed by atoms with E-state index < -0.39 is 103 Å². The Labute approximate surface area is 313 Å². The quantitative estimate of drug-likeness (QED) is 0.0586. The topological polar surface area (TPSA) is 394 Å². The van der Waals surface area contributed by atoms with Crippen molar-refractivity contribution in [3.8, 4) is 0 Å². The Morgan fingerprint density at radius 3 is 2.12 bits per heavy atom. The third-order valence-electron chi connectivity index (χ3n) is 8.48. The second kappa shape index (κ2) is 16.2. The number of hydrogen-bond donors (Lipinski definition) is 9. The monoisotopic (exact) mass is 850 g/mol. The average molecular weight is 851 g/mol. The minimum Gasteiger partial charge on any atom is -0.387 e. The lowest BCUT2D eigenvalue weighted by Gasteiger charge is -2.31. The van der Waals surface area contributed by atoms with Gasteiger partial charge in [-0.15, -0.1) is 0 Å². The van der Waals surface area contributed by atoms with Gasteiger partial charge in [-0.25, -0.2) is 28.6 Å². The molecule has 6 heterocycles. The predicted molar refractivity (Wildman–Crippen MR) is 180 cm³/mol. The molecule has 0 aromatic carbocycles. The second-order valence-electron chi connectivity index (χ2n) is 12.2. The number of ether oxygens (including phenoxy) is 2. The molecule has 3 aromatic heterocycles. The summed E-state index contributed by atoms with van der Waals surface area (Å²) in [5, 5.41) is 32.1. The molecule has 2 saturated heterocycles. The molecule has 3 aromatic rings. The fourth-order valence-electron chi connectivity index (χ4n) is 5.91. The molecule has 26 nitrogen and oxygen atoms in total. The minimum atomic E-state index is -5.59. The van der Waals surface area contributed by atoms with Crippen molar-refractivity contribution in [2.45, 2.75) is 49.1 Å². The number of aliphatic hydroxyl groups excluding tert-OH is 3. The molecule has 2 fully saturated rings. The number of primary amides is 1. The van der Waals surface area contributed by atoms with Crippen molar-refractivity contribution in [1.82, 2.24) is 29.4 Å². The first-order valence-electron chi connectivity index (χ1n) is 15.8. The Balaban J connectivity index is 1.06. The number of imidazole rings is 1. The molecule has 56 heavy (non-hydrogen) atoms. The van der Waals surface area contributed by atoms with Gasteiger partial charge in [-0.3, -0.25) is 32.7 Å². The fourth-order valence-corrected chi connectivity index (χ4v) is 8.54. The van der Waals surface area contributed by atoms with Crippen LogP contribution in [-0.4, -0.2) is 132 Å². The van der Waals surface area contributed by atoms with E-state index >= 15 is 0 Å². The van der Waals surface area contributed by atoms with Gasteiger partial charge in [0.15, 0.2) is 29.7 Å². The molecule has 0 saturated carbocycles. The number of nitrogen functional groups attached to an aromatic ring is 1. The van der Waals surface area contributed by atoms with Crippen LogP contribution in [0.15, 0.2) is 61.2 Å². The van der Waals surface area contributed by atoms with E-state index in [2.05, 4.69) is 24.2 Å². The minimum absolute atomic E-state index is 0.0123. The number of anilines is 1. The summed E-state index contributed by atoms with van der Waals surface area (Å²) >= 11 is 0. The van der Waals surface area contributed by atoms with Gasteiger partial charge < -0.3 is 60.7 Å². The van der Waals surface area contributed by atoms with E-state index in [1.165, 1.54) is 36.8 Å². The summed E-state index contributed by atoms with van der Waals surface area (Å²) in [5.74, 6) is -2.66. The molecule has 3 aliphatic heterocycles. The van der Waals surface area contributed by atoms with Crippen molar-refractivity contribution in [3.63, 3.8) is 0 Å². The van der Waals surface area contributed by atoms with Crippen LogP contribution in [0.25, 0.3) is 11.2 Å². The van der Waals surface area contributed by atoms with Crippen molar-refractivity contribution in [2.75, 3.05) is 18.9 Å². The Hall–Kier alpha value is -3.91. The van der Waals surface area contributed by atoms with Gasteiger partial charge in [0.1, 0.15) is 48.5 Å². The summed E-state index contributed by atoms with van der Waals surface area (Å²) in [4.78, 5) is 81.3. The fraction of sp³-hybridized carbons (Fsp3) is 0.407. The Morgan fingerprint density at radius 2 is 1.50 bits per heavy atom. The van der Waals surface area contributed by atoms with E-state index in [0.29, 0.717) is 0 Å². The van der Waals surface area contributed by atoms with E-state index in [-0.39, 0.29) is 28.1 Å². The number of nitrogens with zero attached hydrogens (tertiary/aromatic N) is 6. The van der Waals surface area contributed by atoms with Gasteiger partial charge in [-0.05, 0) is 12.1 Å². The molecule has 29 heteroatoms. The van der Waals surface area contributed by atoms with Crippen LogP contribution in [0.3, 0.4) is 0 Å². The number of aliphatic hydroxyl groups is 3. The molecule has 11 N–H and O–H groups in total. The first-order valence-corrected chi connectivity index (χ1v) is 20.4. The van der Waals surface area contributed by atoms with Gasteiger partial charge >= 0.3 is 23.5 Å². The number of amides is 1. The number of phosphoric ester groups is 3. The van der Waals surface area contributed by atoms with Crippen molar-refractivity contribution in [2.24, 2.45) is 11.7 Å². The number of phosphoric acid groups is 3. The second-order valence-corrected chi connectivity index (χ2v) is 16.4. The van der Waals surface area contributed by atoms with Crippen LogP contribution >= 0.6 is 23.5 Å². The third kappa shape index (κ3) is 9.11. The predicted octanol–water partition coefficient (Wildman–Crippen LogP) is -2.07. The summed E-state index contributed by atoms with van der Waals surface area (Å²) in [6.07, 6.45) is -5.16. The summed E-state index contributed by atoms with van der Waals surface area (Å²) in [5.41, 5.74) is 11.4. The zero-order valence-electron chi connectivity index (χ0n) is 28.1. The number of carbonyl (C=O) groups is 2. The SMILES string of the molecule is NC(=O)C1=CN([C@@H]2O[C@H](COP(=O)(O)OP(=O)(O)OC[C@H]3O[C@@H](n4cnc5c(N)ncnc54)[C@H](OP(=O)(O)O)[C@@H]3O)[C@@H](O)[C@H]2O)C=CC1C(=O)c1ccncc1. The number of ketones is 1. The molecule has 1 amide bonds. The zero-order chi connectivity index (χ0) is 40.7. The highest BCUT2D eigenvalue weighted by atomic mass is 31.3. The van der Waals surface area contributed by atoms with Crippen molar-refractivity contribution < 1.29 is 85.5 Å². The number of carbonyl (C=O) groups excluding carboxylic acids is 2. The first kappa shape index (κ1) is 41.7. The van der Waals surface area contributed by atoms with Crippen LogP contribution in [0.5, 0.6) is 0 Å². The number of rotatable bonds is 15. The van der Waals surface area contributed by atoms with Crippen molar-refractivity contribution in [1.29, 1.82) is 0 Å². The molecular formula is C27H33N8O18P3. The molecule has 3 unspecified atom stereocenters. The third-order valence-corrected chi connectivity index (χ3v) is 11.6. The number of Topliss-reactive ketones (excluding diaryl/α,β-unsaturated/α-hetero) is 1. The Morgan fingerprint density at radius 1 is 0.875 bits per heavy atom. The van der Waals surface area contributed by atoms with Gasteiger partial charge in [-0.1, -0.05) is 6.08 Å². The number of pyridine rings is 1. The molecular weight excluding hydrogens is 817 g/mol. The Bertz CT molecular complexity index is 2170. The number of nitrogens with two attached hydrogens (primary N) is 2. The van der Waals surface area contributed by atoms with E-state index in [9.17, 15) is 58.2 Å². The molecule has 0 bridgehead atoms. The largest absolute Gasteiger partial charge is 0.481 e. The lowest BCUT2D eigenvalue weighted by atomic mass is 9.89. The summed E-state index contributed by atoms with van der Waals surface area (Å²) in [6.45, 7) is -2.14. The molecule has 6 rings (SSSR count). The van der Waals surface area contributed by atoms with Gasteiger partial charge in [-0.2, -0.15) is 4.31 Å². The lowest BCUT2D eigenvalue weighted by Crippen LogP contribution is -2.41. The maximum Gasteiger partial charge on any atom is 0.481 e. The van der Waals surface area contributed by atoms with Gasteiger partial charge in [0.25, 0.3) is 0 Å². The van der Waals surface area contributed by atoms with Gasteiger partial charge in [0.2, 0.25) is 5.91 Å². The van der Waals surface area contributed by atoms with E-state index in [4.69, 9.17) is 34.5 Å². The standard InChI is InChI=1S/C27H33N8O18P3/c28-23-17-25(32-10-31-23)35(11-33-17)27-22(52-54(41,42)43)20(38)16(51-27)9-49-56(46,47)53-55(44,45)48-8-15-19(37)21(39)26(50-15)34-6-3-13(14(7-34)24(29)40)18(36)12-1-4-30-5-2-12/h1-7,10-11,13,15-16,19-22,26-27,37-39H,8-9H2,(H2,29,40)(H,44,45)(H,46,47)(H2,28,31,32)(H2,41,42,43)/t13?,15-,16-,19-,20-,21-,22-,26-,27-/m1/s1.